The predicted octanol–water partition coefficient (Wildman–Crippen LogP) is 4.12. The summed E-state index contributed by atoms with van der Waals surface area (Å²) in [5, 5.41) is 16.4. The number of aliphatic hydroxyl groups excluding tert-OH is 1. The second-order valence-electron chi connectivity index (χ2n) is 6.06. The maximum Gasteiger partial charge on any atom is 0.416 e. The molecular weight excluding hydrogens is 498 g/mol. The van der Waals surface area contributed by atoms with Gasteiger partial charge < -0.3 is 20.5 Å². The van der Waals surface area contributed by atoms with Crippen LogP contribution in [0, 0.1) is 0 Å². The average molecular weight is 523 g/mol. The highest BCUT2D eigenvalue weighted by Crippen LogP contribution is 2.29. The van der Waals surface area contributed by atoms with E-state index in [1.807, 2.05) is 6.92 Å². The van der Waals surface area contributed by atoms with Crippen molar-refractivity contribution in [3.63, 3.8) is 0 Å². The average Bonchev–Trinajstić information content (AvgIpc) is 2.69. The zero-order valence-electron chi connectivity index (χ0n) is 16.2. The van der Waals surface area contributed by atoms with Crippen molar-refractivity contribution >= 4 is 29.9 Å². The first-order valence-electron chi connectivity index (χ1n) is 8.83. The molecule has 3 N–H and O–H groups in total. The molecule has 160 valence electrons. The van der Waals surface area contributed by atoms with Crippen molar-refractivity contribution in [3.8, 4) is 5.75 Å². The lowest BCUT2D eigenvalue weighted by Crippen LogP contribution is -2.39. The van der Waals surface area contributed by atoms with E-state index in [1.165, 1.54) is 12.1 Å². The van der Waals surface area contributed by atoms with Crippen molar-refractivity contribution in [1.29, 1.82) is 0 Å². The normalized spacial score (nSPS) is 12.7. The molecule has 0 aromatic heterocycles. The maximum atomic E-state index is 12.6. The monoisotopic (exact) mass is 523 g/mol. The second kappa shape index (κ2) is 11.9. The van der Waals surface area contributed by atoms with Crippen LogP contribution in [0.1, 0.15) is 29.7 Å². The van der Waals surface area contributed by atoms with Crippen molar-refractivity contribution in [2.75, 3.05) is 20.2 Å². The van der Waals surface area contributed by atoms with Crippen LogP contribution in [0.5, 0.6) is 5.75 Å². The standard InChI is InChI=1S/C20H24F3N3O2.HI/c1-3-24-19(25-12-14-7-9-16(10-8-14)20(21,22)23)26-13-18(27)15-5-4-6-17(11-15)28-2;/h4-11,18,27H,3,12-13H2,1-2H3,(H2,24,25,26);1H. The van der Waals surface area contributed by atoms with Crippen molar-refractivity contribution in [2.24, 2.45) is 4.99 Å². The van der Waals surface area contributed by atoms with Gasteiger partial charge in [-0.2, -0.15) is 13.2 Å². The third-order valence-electron chi connectivity index (χ3n) is 3.99. The molecule has 2 aromatic rings. The van der Waals surface area contributed by atoms with Gasteiger partial charge in [-0.15, -0.1) is 24.0 Å². The summed E-state index contributed by atoms with van der Waals surface area (Å²) in [6, 6.07) is 12.0. The van der Waals surface area contributed by atoms with E-state index in [0.29, 0.717) is 29.4 Å². The summed E-state index contributed by atoms with van der Waals surface area (Å²) in [6.45, 7) is 2.93. The zero-order chi connectivity index (χ0) is 20.6. The van der Waals surface area contributed by atoms with Gasteiger partial charge in [0.05, 0.1) is 25.3 Å². The number of hydrogen-bond acceptors (Lipinski definition) is 3. The summed E-state index contributed by atoms with van der Waals surface area (Å²) < 4.78 is 43.0. The molecule has 0 bridgehead atoms. The van der Waals surface area contributed by atoms with Gasteiger partial charge in [-0.1, -0.05) is 24.3 Å². The fourth-order valence-electron chi connectivity index (χ4n) is 2.47. The molecule has 29 heavy (non-hydrogen) atoms. The van der Waals surface area contributed by atoms with Crippen LogP contribution < -0.4 is 15.4 Å². The molecule has 0 aliphatic rings. The molecule has 0 fully saturated rings. The molecule has 0 saturated carbocycles. The molecule has 2 aromatic carbocycles. The number of halogens is 4. The van der Waals surface area contributed by atoms with E-state index in [4.69, 9.17) is 4.74 Å². The molecule has 5 nitrogen and oxygen atoms in total. The maximum absolute atomic E-state index is 12.6. The minimum Gasteiger partial charge on any atom is -0.497 e. The van der Waals surface area contributed by atoms with Gasteiger partial charge in [0, 0.05) is 13.1 Å². The molecule has 1 unspecified atom stereocenters. The molecule has 0 radical (unpaired) electrons. The van der Waals surface area contributed by atoms with Gasteiger partial charge in [-0.05, 0) is 42.3 Å². The van der Waals surface area contributed by atoms with E-state index in [2.05, 4.69) is 15.6 Å². The van der Waals surface area contributed by atoms with Gasteiger partial charge in [0.1, 0.15) is 5.75 Å². The topological polar surface area (TPSA) is 65.9 Å². The highest BCUT2D eigenvalue weighted by atomic mass is 127. The number of nitrogens with zero attached hydrogens (tertiary/aromatic N) is 1. The van der Waals surface area contributed by atoms with Gasteiger partial charge in [0.15, 0.2) is 5.96 Å². The van der Waals surface area contributed by atoms with Crippen LogP contribution in [0.4, 0.5) is 13.2 Å². The molecule has 0 aliphatic carbocycles. The number of aliphatic hydroxyl groups is 1. The van der Waals surface area contributed by atoms with Crippen LogP contribution in [0.2, 0.25) is 0 Å². The summed E-state index contributed by atoms with van der Waals surface area (Å²) in [5.74, 6) is 1.11. The van der Waals surface area contributed by atoms with Gasteiger partial charge >= 0.3 is 6.18 Å². The highest BCUT2D eigenvalue weighted by Gasteiger charge is 2.29. The number of aliphatic imine (C=N–C) groups is 1. The van der Waals surface area contributed by atoms with E-state index in [1.54, 1.807) is 31.4 Å². The zero-order valence-corrected chi connectivity index (χ0v) is 18.5. The van der Waals surface area contributed by atoms with Crippen molar-refractivity contribution in [1.82, 2.24) is 10.6 Å². The van der Waals surface area contributed by atoms with E-state index in [9.17, 15) is 18.3 Å². The van der Waals surface area contributed by atoms with Gasteiger partial charge in [-0.3, -0.25) is 0 Å². The van der Waals surface area contributed by atoms with Crippen molar-refractivity contribution in [3.05, 3.63) is 65.2 Å². The number of guanidine groups is 1. The molecule has 0 spiro atoms. The summed E-state index contributed by atoms with van der Waals surface area (Å²) in [7, 11) is 1.56. The smallest absolute Gasteiger partial charge is 0.416 e. The summed E-state index contributed by atoms with van der Waals surface area (Å²) in [4.78, 5) is 4.35. The fraction of sp³-hybridized carbons (Fsp3) is 0.350. The molecule has 9 heteroatoms. The fourth-order valence-corrected chi connectivity index (χ4v) is 2.47. The largest absolute Gasteiger partial charge is 0.497 e. The first-order valence-corrected chi connectivity index (χ1v) is 8.83. The summed E-state index contributed by atoms with van der Waals surface area (Å²) in [5.41, 5.74) is 0.663. The Morgan fingerprint density at radius 3 is 2.41 bits per heavy atom. The first kappa shape index (κ1) is 25.0. The van der Waals surface area contributed by atoms with E-state index >= 15 is 0 Å². The summed E-state index contributed by atoms with van der Waals surface area (Å²) in [6.07, 6.45) is -5.13. The predicted molar refractivity (Wildman–Crippen MR) is 118 cm³/mol. The van der Waals surface area contributed by atoms with Crippen LogP contribution in [-0.4, -0.2) is 31.3 Å². The van der Waals surface area contributed by atoms with Crippen LogP contribution in [0.15, 0.2) is 53.5 Å². The number of alkyl halides is 3. The minimum atomic E-state index is -4.35. The van der Waals surface area contributed by atoms with E-state index in [-0.39, 0.29) is 37.1 Å². The molecular formula is C20H25F3IN3O2. The molecule has 2 rings (SSSR count). The Kier molecular flexibility index (Phi) is 10.2. The SMILES string of the molecule is CCNC(=NCc1ccc(C(F)(F)F)cc1)NCC(O)c1cccc(OC)c1.I. The molecule has 1 atom stereocenters. The lowest BCUT2D eigenvalue weighted by atomic mass is 10.1. The third-order valence-corrected chi connectivity index (χ3v) is 3.99. The molecule has 0 heterocycles. The van der Waals surface area contributed by atoms with Crippen LogP contribution in [0.25, 0.3) is 0 Å². The Labute approximate surface area is 185 Å². The van der Waals surface area contributed by atoms with Crippen LogP contribution in [-0.2, 0) is 12.7 Å². The van der Waals surface area contributed by atoms with E-state index < -0.39 is 17.8 Å². The highest BCUT2D eigenvalue weighted by molar-refractivity contribution is 14.0. The number of methoxy groups -OCH3 is 1. The molecule has 0 saturated heterocycles. The Morgan fingerprint density at radius 2 is 1.83 bits per heavy atom. The van der Waals surface area contributed by atoms with Crippen molar-refractivity contribution < 1.29 is 23.0 Å². The minimum absolute atomic E-state index is 0. The first-order chi connectivity index (χ1) is 13.3. The number of nitrogens with one attached hydrogen (secondary N) is 2. The quantitative estimate of drug-likeness (QED) is 0.290. The second-order valence-corrected chi connectivity index (χ2v) is 6.06. The lowest BCUT2D eigenvalue weighted by molar-refractivity contribution is -0.137. The molecule has 0 amide bonds. The van der Waals surface area contributed by atoms with Gasteiger partial charge in [0.2, 0.25) is 0 Å². The number of ether oxygens (including phenoxy) is 1. The lowest BCUT2D eigenvalue weighted by Gasteiger charge is -2.16. The Balaban J connectivity index is 0.00000420. The third kappa shape index (κ3) is 8.09. The van der Waals surface area contributed by atoms with Crippen LogP contribution >= 0.6 is 24.0 Å². The Hall–Kier alpha value is -2.01. The van der Waals surface area contributed by atoms with Crippen molar-refractivity contribution in [2.45, 2.75) is 25.7 Å². The summed E-state index contributed by atoms with van der Waals surface area (Å²) >= 11 is 0. The number of benzene rings is 2. The van der Waals surface area contributed by atoms with Gasteiger partial charge in [-0.25, -0.2) is 4.99 Å². The van der Waals surface area contributed by atoms with E-state index in [0.717, 1.165) is 12.1 Å². The van der Waals surface area contributed by atoms with Gasteiger partial charge in [0.25, 0.3) is 0 Å². The number of rotatable bonds is 7. The van der Waals surface area contributed by atoms with Crippen LogP contribution in [0.3, 0.4) is 0 Å². The Bertz CT molecular complexity index is 783. The number of hydrogen-bond donors (Lipinski definition) is 3. The molecule has 0 aliphatic heterocycles. The Morgan fingerprint density at radius 1 is 1.14 bits per heavy atom.